The average molecular weight is 379 g/mol. The number of aryl methyl sites for hydroxylation is 1. The third-order valence-corrected chi connectivity index (χ3v) is 6.29. The van der Waals surface area contributed by atoms with Crippen LogP contribution in [0.25, 0.3) is 0 Å². The molecule has 0 aliphatic carbocycles. The summed E-state index contributed by atoms with van der Waals surface area (Å²) in [4.78, 5) is 12.4. The molecule has 2 aromatic carbocycles. The lowest BCUT2D eigenvalue weighted by Gasteiger charge is -2.28. The molecule has 1 N–H and O–H groups in total. The van der Waals surface area contributed by atoms with Crippen LogP contribution in [0.15, 0.2) is 42.5 Å². The van der Waals surface area contributed by atoms with Crippen LogP contribution < -0.4 is 9.62 Å². The minimum absolute atomic E-state index is 0.139. The maximum atomic E-state index is 12.4. The number of hydrogen-bond acceptors (Lipinski definition) is 3. The van der Waals surface area contributed by atoms with Crippen molar-refractivity contribution in [2.24, 2.45) is 0 Å². The van der Waals surface area contributed by atoms with Crippen molar-refractivity contribution in [3.63, 3.8) is 0 Å². The van der Waals surface area contributed by atoms with Crippen molar-refractivity contribution in [3.05, 3.63) is 58.6 Å². The van der Waals surface area contributed by atoms with E-state index in [4.69, 9.17) is 11.6 Å². The zero-order valence-electron chi connectivity index (χ0n) is 13.8. The maximum Gasteiger partial charge on any atom is 0.257 e. The van der Waals surface area contributed by atoms with Gasteiger partial charge in [0.15, 0.2) is 0 Å². The number of sulfonamides is 1. The minimum Gasteiger partial charge on any atom is -0.322 e. The monoisotopic (exact) mass is 378 g/mol. The summed E-state index contributed by atoms with van der Waals surface area (Å²) >= 11 is 6.25. The van der Waals surface area contributed by atoms with Crippen LogP contribution >= 0.6 is 11.6 Å². The number of anilines is 2. The first-order chi connectivity index (χ1) is 11.9. The van der Waals surface area contributed by atoms with Crippen LogP contribution in [0.2, 0.25) is 5.02 Å². The van der Waals surface area contributed by atoms with E-state index in [1.807, 2.05) is 25.1 Å². The molecule has 0 bridgehead atoms. The standard InChI is InChI=1S/C18H19ClN2O3S/c1-13-5-4-6-14(11-13)20-18(22)16-8-7-15(12-17(16)19)21-9-2-3-10-25(21,23)24/h4-8,11-12H,2-3,9-10H2,1H3,(H,20,22). The topological polar surface area (TPSA) is 66.5 Å². The number of nitrogens with zero attached hydrogens (tertiary/aromatic N) is 1. The average Bonchev–Trinajstić information content (AvgIpc) is 2.54. The molecule has 0 unspecified atom stereocenters. The third-order valence-electron chi connectivity index (χ3n) is 4.11. The Morgan fingerprint density at radius 1 is 1.16 bits per heavy atom. The summed E-state index contributed by atoms with van der Waals surface area (Å²) in [6, 6.07) is 12.2. The Labute approximate surface area is 152 Å². The fraction of sp³-hybridized carbons (Fsp3) is 0.278. The summed E-state index contributed by atoms with van der Waals surface area (Å²) in [7, 11) is -3.31. The molecule has 1 saturated heterocycles. The van der Waals surface area contributed by atoms with Gasteiger partial charge in [-0.25, -0.2) is 8.42 Å². The van der Waals surface area contributed by atoms with E-state index in [0.717, 1.165) is 12.0 Å². The molecule has 0 saturated carbocycles. The van der Waals surface area contributed by atoms with Gasteiger partial charge < -0.3 is 5.32 Å². The predicted octanol–water partition coefficient (Wildman–Crippen LogP) is 3.83. The first-order valence-electron chi connectivity index (χ1n) is 8.05. The van der Waals surface area contributed by atoms with E-state index in [-0.39, 0.29) is 16.7 Å². The lowest BCUT2D eigenvalue weighted by atomic mass is 10.1. The number of amides is 1. The maximum absolute atomic E-state index is 12.4. The van der Waals surface area contributed by atoms with Gasteiger partial charge in [0.1, 0.15) is 0 Å². The van der Waals surface area contributed by atoms with E-state index in [9.17, 15) is 13.2 Å². The summed E-state index contributed by atoms with van der Waals surface area (Å²) in [5.41, 5.74) is 2.52. The smallest absolute Gasteiger partial charge is 0.257 e. The number of carbonyl (C=O) groups is 1. The fourth-order valence-corrected chi connectivity index (χ4v) is 4.74. The molecule has 1 aliphatic rings. The lowest BCUT2D eigenvalue weighted by molar-refractivity contribution is 0.102. The van der Waals surface area contributed by atoms with Gasteiger partial charge in [0.05, 0.1) is 22.0 Å². The molecule has 1 aliphatic heterocycles. The molecule has 1 amide bonds. The van der Waals surface area contributed by atoms with Crippen molar-refractivity contribution in [3.8, 4) is 0 Å². The van der Waals surface area contributed by atoms with Gasteiger partial charge in [-0.1, -0.05) is 23.7 Å². The minimum atomic E-state index is -3.31. The number of hydrogen-bond donors (Lipinski definition) is 1. The predicted molar refractivity (Wildman–Crippen MR) is 101 cm³/mol. The number of nitrogens with one attached hydrogen (secondary N) is 1. The molecular formula is C18H19ClN2O3S. The van der Waals surface area contributed by atoms with Gasteiger partial charge in [-0.05, 0) is 55.7 Å². The highest BCUT2D eigenvalue weighted by Crippen LogP contribution is 2.28. The second kappa shape index (κ2) is 7.06. The molecule has 0 aromatic heterocycles. The number of benzene rings is 2. The van der Waals surface area contributed by atoms with Crippen molar-refractivity contribution in [2.75, 3.05) is 21.9 Å². The molecule has 1 heterocycles. The summed E-state index contributed by atoms with van der Waals surface area (Å²) in [5, 5.41) is 3.03. The molecule has 0 atom stereocenters. The Morgan fingerprint density at radius 3 is 2.64 bits per heavy atom. The molecular weight excluding hydrogens is 360 g/mol. The van der Waals surface area contributed by atoms with Crippen molar-refractivity contribution < 1.29 is 13.2 Å². The van der Waals surface area contributed by atoms with E-state index in [2.05, 4.69) is 5.32 Å². The Kier molecular flexibility index (Phi) is 5.01. The van der Waals surface area contributed by atoms with E-state index < -0.39 is 10.0 Å². The van der Waals surface area contributed by atoms with E-state index >= 15 is 0 Å². The molecule has 0 spiro atoms. The van der Waals surface area contributed by atoms with Crippen molar-refractivity contribution in [1.29, 1.82) is 0 Å². The first kappa shape index (κ1) is 17.8. The van der Waals surface area contributed by atoms with Gasteiger partial charge in [0.25, 0.3) is 5.91 Å². The van der Waals surface area contributed by atoms with Gasteiger partial charge >= 0.3 is 0 Å². The van der Waals surface area contributed by atoms with Crippen LogP contribution in [-0.4, -0.2) is 26.6 Å². The summed E-state index contributed by atoms with van der Waals surface area (Å²) in [6.07, 6.45) is 1.48. The highest BCUT2D eigenvalue weighted by molar-refractivity contribution is 7.92. The second-order valence-electron chi connectivity index (χ2n) is 6.08. The number of rotatable bonds is 3. The summed E-state index contributed by atoms with van der Waals surface area (Å²) < 4.78 is 25.7. The zero-order chi connectivity index (χ0) is 18.0. The molecule has 132 valence electrons. The summed E-state index contributed by atoms with van der Waals surface area (Å²) in [5.74, 6) is -0.191. The highest BCUT2D eigenvalue weighted by atomic mass is 35.5. The van der Waals surface area contributed by atoms with Crippen LogP contribution in [0, 0.1) is 6.92 Å². The van der Waals surface area contributed by atoms with Gasteiger partial charge in [-0.15, -0.1) is 0 Å². The molecule has 1 fully saturated rings. The number of carbonyl (C=O) groups excluding carboxylic acids is 1. The van der Waals surface area contributed by atoms with Crippen LogP contribution in [0.3, 0.4) is 0 Å². The first-order valence-corrected chi connectivity index (χ1v) is 10.0. The Balaban J connectivity index is 1.83. The molecule has 0 radical (unpaired) electrons. The van der Waals surface area contributed by atoms with Crippen LogP contribution in [0.4, 0.5) is 11.4 Å². The van der Waals surface area contributed by atoms with E-state index in [1.165, 1.54) is 10.4 Å². The second-order valence-corrected chi connectivity index (χ2v) is 8.50. The van der Waals surface area contributed by atoms with Crippen molar-refractivity contribution in [1.82, 2.24) is 0 Å². The van der Waals surface area contributed by atoms with Crippen molar-refractivity contribution in [2.45, 2.75) is 19.8 Å². The van der Waals surface area contributed by atoms with Crippen LogP contribution in [-0.2, 0) is 10.0 Å². The third kappa shape index (κ3) is 3.96. The Morgan fingerprint density at radius 2 is 1.96 bits per heavy atom. The van der Waals surface area contributed by atoms with Gasteiger partial charge in [-0.3, -0.25) is 9.10 Å². The number of halogens is 1. The Bertz CT molecular complexity index is 912. The fourth-order valence-electron chi connectivity index (χ4n) is 2.84. The lowest BCUT2D eigenvalue weighted by Crippen LogP contribution is -2.37. The van der Waals surface area contributed by atoms with Crippen LogP contribution in [0.1, 0.15) is 28.8 Å². The van der Waals surface area contributed by atoms with E-state index in [1.54, 1.807) is 18.2 Å². The quantitative estimate of drug-likeness (QED) is 0.882. The van der Waals surface area contributed by atoms with Crippen LogP contribution in [0.5, 0.6) is 0 Å². The molecule has 3 rings (SSSR count). The highest BCUT2D eigenvalue weighted by Gasteiger charge is 2.26. The molecule has 5 nitrogen and oxygen atoms in total. The van der Waals surface area contributed by atoms with Gasteiger partial charge in [-0.2, -0.15) is 0 Å². The van der Waals surface area contributed by atoms with Gasteiger partial charge in [0.2, 0.25) is 10.0 Å². The largest absolute Gasteiger partial charge is 0.322 e. The normalized spacial score (nSPS) is 16.5. The molecule has 25 heavy (non-hydrogen) atoms. The zero-order valence-corrected chi connectivity index (χ0v) is 15.4. The van der Waals surface area contributed by atoms with Crippen molar-refractivity contribution >= 4 is 38.9 Å². The molecule has 7 heteroatoms. The Hall–Kier alpha value is -2.05. The van der Waals surface area contributed by atoms with E-state index in [0.29, 0.717) is 29.9 Å². The summed E-state index contributed by atoms with van der Waals surface area (Å²) in [6.45, 7) is 2.38. The van der Waals surface area contributed by atoms with Gasteiger partial charge in [0, 0.05) is 12.2 Å². The SMILES string of the molecule is Cc1cccc(NC(=O)c2ccc(N3CCCCS3(=O)=O)cc2Cl)c1. The molecule has 2 aromatic rings.